The predicted molar refractivity (Wildman–Crippen MR) is 143 cm³/mol. The lowest BCUT2D eigenvalue weighted by atomic mass is 9.81. The number of pyridine rings is 1. The molecule has 7 nitrogen and oxygen atoms in total. The minimum atomic E-state index is -2.51. The van der Waals surface area contributed by atoms with Gasteiger partial charge in [0.05, 0.1) is 30.0 Å². The van der Waals surface area contributed by atoms with Crippen molar-refractivity contribution >= 4 is 22.6 Å². The Morgan fingerprint density at radius 2 is 1.74 bits per heavy atom. The van der Waals surface area contributed by atoms with E-state index in [9.17, 15) is 13.6 Å². The van der Waals surface area contributed by atoms with Gasteiger partial charge in [0.15, 0.2) is 0 Å². The van der Waals surface area contributed by atoms with Crippen LogP contribution in [0.3, 0.4) is 0 Å². The normalized spacial score (nSPS) is 21.1. The second-order valence-electron chi connectivity index (χ2n) is 10.3. The van der Waals surface area contributed by atoms with Gasteiger partial charge in [0, 0.05) is 42.0 Å². The molecule has 2 aromatic heterocycles. The van der Waals surface area contributed by atoms with Crippen LogP contribution < -0.4 is 10.6 Å². The number of urea groups is 1. The molecule has 1 aliphatic carbocycles. The van der Waals surface area contributed by atoms with E-state index in [0.29, 0.717) is 18.2 Å². The number of aromatic nitrogens is 3. The van der Waals surface area contributed by atoms with Gasteiger partial charge in [-0.05, 0) is 67.6 Å². The number of hydrogen-bond acceptors (Lipinski definition) is 4. The Morgan fingerprint density at radius 3 is 2.45 bits per heavy atom. The van der Waals surface area contributed by atoms with Crippen LogP contribution in [0.15, 0.2) is 73.1 Å². The molecule has 196 valence electrons. The van der Waals surface area contributed by atoms with Crippen LogP contribution in [0.5, 0.6) is 0 Å². The van der Waals surface area contributed by atoms with E-state index >= 15 is 0 Å². The standard InChI is InChI=1S/C29H30F2N6O/c30-29(31)18-36(19-29)23-11-7-21(8-12-23)27-25-5-1-2-6-26(25)37(35-27)24-13-9-22(10-14-24)34-28(38)33-17-20-4-3-15-32-16-20/h1-6,9-10,13-16,21,23H,7-8,11-12,17-19H2,(H2,33,34,38)/t21-,23+. The summed E-state index contributed by atoms with van der Waals surface area (Å²) in [6, 6.07) is 19.5. The maximum absolute atomic E-state index is 13.3. The molecule has 2 aliphatic rings. The Bertz CT molecular complexity index is 1410. The van der Waals surface area contributed by atoms with Crippen LogP contribution in [0, 0.1) is 0 Å². The molecule has 2 amide bonds. The smallest absolute Gasteiger partial charge is 0.319 e. The third-order valence-corrected chi connectivity index (χ3v) is 7.63. The van der Waals surface area contributed by atoms with Gasteiger partial charge in [-0.3, -0.25) is 9.88 Å². The van der Waals surface area contributed by atoms with Crippen LogP contribution in [0.2, 0.25) is 0 Å². The first-order chi connectivity index (χ1) is 18.4. The highest BCUT2D eigenvalue weighted by atomic mass is 19.3. The van der Waals surface area contributed by atoms with Gasteiger partial charge >= 0.3 is 6.03 Å². The second kappa shape index (κ2) is 10.1. The number of hydrogen-bond donors (Lipinski definition) is 2. The van der Waals surface area contributed by atoms with Crippen LogP contribution in [-0.2, 0) is 6.54 Å². The van der Waals surface area contributed by atoms with Crippen LogP contribution in [-0.4, -0.2) is 50.7 Å². The number of benzene rings is 2. The molecular formula is C29H30F2N6O. The van der Waals surface area contributed by atoms with Crippen molar-refractivity contribution in [3.8, 4) is 5.69 Å². The number of carbonyl (C=O) groups excluding carboxylic acids is 1. The highest BCUT2D eigenvalue weighted by Gasteiger charge is 2.47. The van der Waals surface area contributed by atoms with E-state index in [1.54, 1.807) is 12.4 Å². The molecule has 38 heavy (non-hydrogen) atoms. The Morgan fingerprint density at radius 1 is 0.974 bits per heavy atom. The summed E-state index contributed by atoms with van der Waals surface area (Å²) >= 11 is 0. The van der Waals surface area contributed by atoms with Gasteiger partial charge in [0.1, 0.15) is 0 Å². The second-order valence-corrected chi connectivity index (χ2v) is 10.3. The lowest BCUT2D eigenvalue weighted by Crippen LogP contribution is -2.60. The first-order valence-electron chi connectivity index (χ1n) is 13.1. The number of fused-ring (bicyclic) bond motifs is 1. The number of para-hydroxylation sites is 1. The van der Waals surface area contributed by atoms with Gasteiger partial charge in [-0.15, -0.1) is 0 Å². The Kier molecular flexibility index (Phi) is 6.53. The third kappa shape index (κ3) is 5.11. The van der Waals surface area contributed by atoms with Crippen molar-refractivity contribution in [1.29, 1.82) is 0 Å². The van der Waals surface area contributed by atoms with Crippen molar-refractivity contribution in [2.24, 2.45) is 0 Å². The molecule has 0 atom stereocenters. The highest BCUT2D eigenvalue weighted by Crippen LogP contribution is 2.40. The molecule has 4 aromatic rings. The zero-order valence-electron chi connectivity index (χ0n) is 21.0. The van der Waals surface area contributed by atoms with Crippen LogP contribution >= 0.6 is 0 Å². The zero-order chi connectivity index (χ0) is 26.1. The summed E-state index contributed by atoms with van der Waals surface area (Å²) in [7, 11) is 0. The monoisotopic (exact) mass is 516 g/mol. The summed E-state index contributed by atoms with van der Waals surface area (Å²) in [6.07, 6.45) is 7.16. The summed E-state index contributed by atoms with van der Waals surface area (Å²) in [5.41, 5.74) is 4.62. The minimum absolute atomic E-state index is 0.100. The molecule has 1 aliphatic heterocycles. The number of nitrogens with one attached hydrogen (secondary N) is 2. The Hall–Kier alpha value is -3.85. The highest BCUT2D eigenvalue weighted by molar-refractivity contribution is 5.89. The summed E-state index contributed by atoms with van der Waals surface area (Å²) in [5.74, 6) is -2.20. The summed E-state index contributed by atoms with van der Waals surface area (Å²) in [4.78, 5) is 18.3. The van der Waals surface area contributed by atoms with Crippen LogP contribution in [0.1, 0.15) is 42.9 Å². The molecule has 2 fully saturated rings. The van der Waals surface area contributed by atoms with Crippen molar-refractivity contribution in [2.45, 2.75) is 50.1 Å². The number of likely N-dealkylation sites (tertiary alicyclic amines) is 1. The first kappa shape index (κ1) is 24.5. The lowest BCUT2D eigenvalue weighted by Gasteiger charge is -2.46. The number of halogens is 2. The van der Waals surface area contributed by atoms with E-state index in [1.807, 2.05) is 58.1 Å². The molecule has 1 saturated carbocycles. The van der Waals surface area contributed by atoms with Gasteiger partial charge in [-0.25, -0.2) is 18.3 Å². The lowest BCUT2D eigenvalue weighted by molar-refractivity contribution is -0.150. The Balaban J connectivity index is 1.13. The van der Waals surface area contributed by atoms with Gasteiger partial charge in [-0.1, -0.05) is 24.3 Å². The van der Waals surface area contributed by atoms with Crippen LogP contribution in [0.25, 0.3) is 16.6 Å². The van der Waals surface area contributed by atoms with E-state index in [4.69, 9.17) is 5.10 Å². The average molecular weight is 517 g/mol. The van der Waals surface area contributed by atoms with E-state index in [0.717, 1.165) is 53.5 Å². The van der Waals surface area contributed by atoms with Crippen molar-refractivity contribution < 1.29 is 13.6 Å². The largest absolute Gasteiger partial charge is 0.334 e. The molecular weight excluding hydrogens is 486 g/mol. The Labute approximate surface area is 219 Å². The molecule has 0 unspecified atom stereocenters. The maximum atomic E-state index is 13.3. The topological polar surface area (TPSA) is 75.1 Å². The summed E-state index contributed by atoms with van der Waals surface area (Å²) < 4.78 is 28.6. The van der Waals surface area contributed by atoms with Crippen molar-refractivity contribution in [3.05, 3.63) is 84.3 Å². The fourth-order valence-electron chi connectivity index (χ4n) is 5.66. The average Bonchev–Trinajstić information content (AvgIpc) is 3.31. The molecule has 3 heterocycles. The summed E-state index contributed by atoms with van der Waals surface area (Å²) in [6.45, 7) is 0.194. The van der Waals surface area contributed by atoms with Crippen molar-refractivity contribution in [1.82, 2.24) is 25.0 Å². The number of anilines is 1. The quantitative estimate of drug-likeness (QED) is 0.344. The minimum Gasteiger partial charge on any atom is -0.334 e. The number of amides is 2. The SMILES string of the molecule is O=C(NCc1cccnc1)Nc1ccc(-n2nc([C@H]3CC[C@@H](N4CC(F)(F)C4)CC3)c3ccccc32)cc1. The van der Waals surface area contributed by atoms with E-state index in [-0.39, 0.29) is 25.2 Å². The van der Waals surface area contributed by atoms with E-state index < -0.39 is 5.92 Å². The fraction of sp³-hybridized carbons (Fsp3) is 0.345. The predicted octanol–water partition coefficient (Wildman–Crippen LogP) is 5.72. The van der Waals surface area contributed by atoms with Crippen LogP contribution in [0.4, 0.5) is 19.3 Å². The summed E-state index contributed by atoms with van der Waals surface area (Å²) in [5, 5.41) is 11.9. The number of nitrogens with zero attached hydrogens (tertiary/aromatic N) is 4. The third-order valence-electron chi connectivity index (χ3n) is 7.63. The number of rotatable bonds is 6. The molecule has 0 radical (unpaired) electrons. The molecule has 2 aromatic carbocycles. The van der Waals surface area contributed by atoms with E-state index in [2.05, 4.69) is 27.8 Å². The van der Waals surface area contributed by atoms with Gasteiger partial charge < -0.3 is 10.6 Å². The molecule has 9 heteroatoms. The van der Waals surface area contributed by atoms with Gasteiger partial charge in [0.25, 0.3) is 5.92 Å². The molecule has 0 spiro atoms. The molecule has 1 saturated heterocycles. The fourth-order valence-corrected chi connectivity index (χ4v) is 5.66. The molecule has 0 bridgehead atoms. The van der Waals surface area contributed by atoms with E-state index in [1.165, 1.54) is 0 Å². The maximum Gasteiger partial charge on any atom is 0.319 e. The molecule has 2 N–H and O–H groups in total. The molecule has 6 rings (SSSR count). The zero-order valence-corrected chi connectivity index (χ0v) is 21.0. The number of alkyl halides is 2. The van der Waals surface area contributed by atoms with Crippen molar-refractivity contribution in [3.63, 3.8) is 0 Å². The first-order valence-corrected chi connectivity index (χ1v) is 13.1. The van der Waals surface area contributed by atoms with Crippen molar-refractivity contribution in [2.75, 3.05) is 18.4 Å². The number of carbonyl (C=O) groups is 1. The van der Waals surface area contributed by atoms with Gasteiger partial charge in [-0.2, -0.15) is 5.10 Å². The van der Waals surface area contributed by atoms with Gasteiger partial charge in [0.2, 0.25) is 0 Å².